The smallest absolute Gasteiger partial charge is 0.193 e. The lowest BCUT2D eigenvalue weighted by atomic mass is 9.79. The van der Waals surface area contributed by atoms with Crippen LogP contribution in [0.15, 0.2) is 70.9 Å². The van der Waals surface area contributed by atoms with E-state index in [1.807, 2.05) is 6.92 Å². The van der Waals surface area contributed by atoms with E-state index in [1.54, 1.807) is 12.2 Å². The minimum Gasteiger partial charge on any atom is -0.289 e. The van der Waals surface area contributed by atoms with Gasteiger partial charge in [0.1, 0.15) is 0 Å². The van der Waals surface area contributed by atoms with Crippen molar-refractivity contribution in [3.63, 3.8) is 0 Å². The second-order valence-electron chi connectivity index (χ2n) is 7.15. The van der Waals surface area contributed by atoms with Crippen molar-refractivity contribution in [2.45, 2.75) is 54.4 Å². The second kappa shape index (κ2) is 7.59. The fourth-order valence-electron chi connectivity index (χ4n) is 2.48. The van der Waals surface area contributed by atoms with Crippen molar-refractivity contribution in [1.29, 1.82) is 0 Å². The van der Waals surface area contributed by atoms with Crippen molar-refractivity contribution in [2.75, 3.05) is 0 Å². The Labute approximate surface area is 141 Å². The Morgan fingerprint density at radius 1 is 1.17 bits per heavy atom. The molecule has 1 aliphatic rings. The summed E-state index contributed by atoms with van der Waals surface area (Å²) in [6.45, 7) is 20.5. The Hall–Kier alpha value is -1.89. The first kappa shape index (κ1) is 19.2. The van der Waals surface area contributed by atoms with Gasteiger partial charge in [0.15, 0.2) is 5.78 Å². The van der Waals surface area contributed by atoms with Crippen LogP contribution in [0.4, 0.5) is 0 Å². The summed E-state index contributed by atoms with van der Waals surface area (Å²) < 4.78 is 0. The monoisotopic (exact) mass is 310 g/mol. The van der Waals surface area contributed by atoms with Gasteiger partial charge in [0.2, 0.25) is 0 Å². The van der Waals surface area contributed by atoms with Gasteiger partial charge in [0.25, 0.3) is 0 Å². The van der Waals surface area contributed by atoms with Crippen LogP contribution in [0.5, 0.6) is 0 Å². The van der Waals surface area contributed by atoms with E-state index >= 15 is 0 Å². The Kier molecular flexibility index (Phi) is 6.32. The van der Waals surface area contributed by atoms with Crippen LogP contribution in [0.25, 0.3) is 0 Å². The number of carbonyl (C=O) groups is 1. The Bertz CT molecular complexity index is 640. The van der Waals surface area contributed by atoms with E-state index in [0.717, 1.165) is 35.1 Å². The van der Waals surface area contributed by atoms with Gasteiger partial charge in [-0.1, -0.05) is 76.3 Å². The number of hydrogen-bond donors (Lipinski definition) is 0. The molecule has 0 heterocycles. The third-order valence-electron chi connectivity index (χ3n) is 4.64. The topological polar surface area (TPSA) is 17.1 Å². The van der Waals surface area contributed by atoms with Gasteiger partial charge in [-0.25, -0.2) is 0 Å². The van der Waals surface area contributed by atoms with E-state index in [-0.39, 0.29) is 11.2 Å². The minimum absolute atomic E-state index is 0.0774. The normalized spacial score (nSPS) is 20.9. The first-order valence-electron chi connectivity index (χ1n) is 8.28. The van der Waals surface area contributed by atoms with Crippen molar-refractivity contribution in [3.05, 3.63) is 70.9 Å². The summed E-state index contributed by atoms with van der Waals surface area (Å²) in [5, 5.41) is 0. The van der Waals surface area contributed by atoms with Gasteiger partial charge >= 0.3 is 0 Å². The third-order valence-corrected chi connectivity index (χ3v) is 4.64. The molecule has 0 fully saturated rings. The average Bonchev–Trinajstić information content (AvgIpc) is 2.50. The molecule has 0 aliphatic heterocycles. The predicted octanol–water partition coefficient (Wildman–Crippen LogP) is 6.27. The van der Waals surface area contributed by atoms with Gasteiger partial charge in [-0.2, -0.15) is 0 Å². The van der Waals surface area contributed by atoms with E-state index in [9.17, 15) is 4.79 Å². The maximum atomic E-state index is 12.9. The molecule has 0 aromatic rings. The van der Waals surface area contributed by atoms with Gasteiger partial charge in [0.05, 0.1) is 0 Å². The largest absolute Gasteiger partial charge is 0.289 e. The van der Waals surface area contributed by atoms with Crippen LogP contribution in [0.1, 0.15) is 54.4 Å². The summed E-state index contributed by atoms with van der Waals surface area (Å²) in [7, 11) is 0. The number of hydrogen-bond acceptors (Lipinski definition) is 1. The van der Waals surface area contributed by atoms with Crippen LogP contribution in [0, 0.1) is 5.41 Å². The number of carbonyl (C=O) groups excluding carboxylic acids is 1. The third kappa shape index (κ3) is 4.31. The highest BCUT2D eigenvalue weighted by Crippen LogP contribution is 2.35. The molecule has 1 aliphatic carbocycles. The highest BCUT2D eigenvalue weighted by Gasteiger charge is 2.26. The highest BCUT2D eigenvalue weighted by atomic mass is 16.1. The number of Topliss-reactive ketones (excluding diaryl/α,β-unsaturated/α-hetero) is 1. The molecule has 0 aromatic heterocycles. The quantitative estimate of drug-likeness (QED) is 0.559. The van der Waals surface area contributed by atoms with Crippen molar-refractivity contribution in [3.8, 4) is 0 Å². The molecule has 0 N–H and O–H groups in total. The summed E-state index contributed by atoms with van der Waals surface area (Å²) in [4.78, 5) is 12.9. The summed E-state index contributed by atoms with van der Waals surface area (Å²) in [6.07, 6.45) is 9.30. The molecule has 0 unspecified atom stereocenters. The van der Waals surface area contributed by atoms with Gasteiger partial charge in [-0.3, -0.25) is 4.79 Å². The summed E-state index contributed by atoms with van der Waals surface area (Å²) in [5.41, 5.74) is 6.14. The van der Waals surface area contributed by atoms with Crippen LogP contribution in [-0.4, -0.2) is 5.78 Å². The van der Waals surface area contributed by atoms with Crippen molar-refractivity contribution >= 4 is 5.78 Å². The Balaban J connectivity index is 3.52. The standard InChI is InChI=1S/C22H30O/c1-9-15(4)20-18(13-12-16(5)22(6,7)8)14-17(10-2)19(11-3)21(20)23/h10-13H,2-3,9,14H2,1,4-8H3/b16-12+,18-13-,20-15-. The molecule has 0 aromatic carbocycles. The zero-order valence-corrected chi connectivity index (χ0v) is 15.5. The van der Waals surface area contributed by atoms with E-state index in [0.29, 0.717) is 5.57 Å². The zero-order chi connectivity index (χ0) is 17.8. The zero-order valence-electron chi connectivity index (χ0n) is 15.5. The van der Waals surface area contributed by atoms with E-state index in [4.69, 9.17) is 0 Å². The molecule has 0 saturated carbocycles. The van der Waals surface area contributed by atoms with E-state index < -0.39 is 0 Å². The lowest BCUT2D eigenvalue weighted by Crippen LogP contribution is -2.17. The molecule has 0 amide bonds. The molecule has 124 valence electrons. The molecular formula is C22H30O. The van der Waals surface area contributed by atoms with Crippen molar-refractivity contribution in [2.24, 2.45) is 5.41 Å². The van der Waals surface area contributed by atoms with Crippen molar-refractivity contribution < 1.29 is 4.79 Å². The molecule has 0 bridgehead atoms. The van der Waals surface area contributed by atoms with Crippen molar-refractivity contribution in [1.82, 2.24) is 0 Å². The Morgan fingerprint density at radius 2 is 1.78 bits per heavy atom. The minimum atomic E-state index is 0.0774. The van der Waals surface area contributed by atoms with Crippen LogP contribution < -0.4 is 0 Å². The van der Waals surface area contributed by atoms with Gasteiger partial charge in [0, 0.05) is 11.1 Å². The number of rotatable bonds is 4. The van der Waals surface area contributed by atoms with Crippen LogP contribution >= 0.6 is 0 Å². The lowest BCUT2D eigenvalue weighted by Gasteiger charge is -2.23. The maximum absolute atomic E-state index is 12.9. The summed E-state index contributed by atoms with van der Waals surface area (Å²) in [6, 6.07) is 0. The van der Waals surface area contributed by atoms with E-state index in [1.165, 1.54) is 5.57 Å². The second-order valence-corrected chi connectivity index (χ2v) is 7.15. The fourth-order valence-corrected chi connectivity index (χ4v) is 2.48. The summed E-state index contributed by atoms with van der Waals surface area (Å²) >= 11 is 0. The summed E-state index contributed by atoms with van der Waals surface area (Å²) in [5.74, 6) is 0.0774. The predicted molar refractivity (Wildman–Crippen MR) is 101 cm³/mol. The molecule has 23 heavy (non-hydrogen) atoms. The SMILES string of the molecule is C=CC1=C(C=C)C(=O)C(=C(/C)CC)/C(=C\C=C(/C)C(C)(C)C)C1. The Morgan fingerprint density at radius 3 is 2.22 bits per heavy atom. The average molecular weight is 310 g/mol. The molecule has 0 spiro atoms. The number of ketones is 1. The molecule has 0 saturated heterocycles. The van der Waals surface area contributed by atoms with Crippen LogP contribution in [0.3, 0.4) is 0 Å². The van der Waals surface area contributed by atoms with E-state index in [2.05, 4.69) is 59.9 Å². The molecule has 0 radical (unpaired) electrons. The number of allylic oxidation sites excluding steroid dienone is 10. The maximum Gasteiger partial charge on any atom is 0.193 e. The first-order valence-corrected chi connectivity index (χ1v) is 8.28. The highest BCUT2D eigenvalue weighted by molar-refractivity contribution is 6.15. The lowest BCUT2D eigenvalue weighted by molar-refractivity contribution is -0.112. The molecule has 1 heteroatoms. The van der Waals surface area contributed by atoms with Gasteiger partial charge in [-0.15, -0.1) is 0 Å². The first-order chi connectivity index (χ1) is 10.7. The molecular weight excluding hydrogens is 280 g/mol. The van der Waals surface area contributed by atoms with Crippen LogP contribution in [-0.2, 0) is 4.79 Å². The fraction of sp³-hybridized carbons (Fsp3) is 0.409. The molecule has 1 rings (SSSR count). The molecule has 1 nitrogen and oxygen atoms in total. The van der Waals surface area contributed by atoms with Gasteiger partial charge < -0.3 is 0 Å². The molecule has 0 atom stereocenters. The van der Waals surface area contributed by atoms with Gasteiger partial charge in [-0.05, 0) is 43.3 Å². The van der Waals surface area contributed by atoms with Crippen LogP contribution in [0.2, 0.25) is 0 Å².